The summed E-state index contributed by atoms with van der Waals surface area (Å²) in [6.45, 7) is 5.86. The molecule has 7 heteroatoms. The summed E-state index contributed by atoms with van der Waals surface area (Å²) < 4.78 is 0. The Bertz CT molecular complexity index is 1250. The van der Waals surface area contributed by atoms with E-state index >= 15 is 0 Å². The Hall–Kier alpha value is -4.13. The van der Waals surface area contributed by atoms with Gasteiger partial charge in [0.2, 0.25) is 0 Å². The van der Waals surface area contributed by atoms with Crippen molar-refractivity contribution in [3.05, 3.63) is 83.4 Å². The minimum Gasteiger partial charge on any atom is -0.480 e. The lowest BCUT2D eigenvalue weighted by Crippen LogP contribution is -2.44. The minimum absolute atomic E-state index is 0.196. The van der Waals surface area contributed by atoms with E-state index in [0.29, 0.717) is 23.5 Å². The van der Waals surface area contributed by atoms with Gasteiger partial charge in [0.15, 0.2) is 0 Å². The number of aryl methyl sites for hydroxylation is 1. The molecule has 1 aliphatic rings. The molecule has 3 amide bonds. The average molecular weight is 458 g/mol. The van der Waals surface area contributed by atoms with E-state index in [1.807, 2.05) is 61.5 Å². The molecule has 0 aliphatic carbocycles. The van der Waals surface area contributed by atoms with Gasteiger partial charge in [0.05, 0.1) is 0 Å². The molecule has 1 aliphatic heterocycles. The standard InChI is InChI=1S/C27H27N3O4/c1-16(2)24(26(32)33)30-15-20-8-7-19(14-23(20)25(30)31)18-9-11-21(12-10-18)28-27(34)29-22-6-4-5-17(3)13-22/h4-14,16,24H,15H2,1-3H3,(H,32,33)(H2,28,29,34). The molecule has 0 spiro atoms. The molecular weight excluding hydrogens is 430 g/mol. The Balaban J connectivity index is 1.47. The number of hydrogen-bond acceptors (Lipinski definition) is 3. The lowest BCUT2D eigenvalue weighted by Gasteiger charge is -2.27. The topological polar surface area (TPSA) is 98.7 Å². The van der Waals surface area contributed by atoms with Crippen molar-refractivity contribution in [2.24, 2.45) is 5.92 Å². The highest BCUT2D eigenvalue weighted by atomic mass is 16.4. The number of rotatable bonds is 6. The Morgan fingerprint density at radius 3 is 2.24 bits per heavy atom. The van der Waals surface area contributed by atoms with Crippen LogP contribution in [-0.2, 0) is 11.3 Å². The molecule has 0 aromatic heterocycles. The average Bonchev–Trinajstić information content (AvgIpc) is 3.09. The quantitative estimate of drug-likeness (QED) is 0.463. The first-order chi connectivity index (χ1) is 16.2. The van der Waals surface area contributed by atoms with Gasteiger partial charge >= 0.3 is 12.0 Å². The molecule has 1 unspecified atom stereocenters. The number of carbonyl (C=O) groups excluding carboxylic acids is 2. The van der Waals surface area contributed by atoms with Crippen molar-refractivity contribution < 1.29 is 19.5 Å². The van der Waals surface area contributed by atoms with Crippen molar-refractivity contribution >= 4 is 29.3 Å². The van der Waals surface area contributed by atoms with Gasteiger partial charge in [0, 0.05) is 23.5 Å². The predicted molar refractivity (Wildman–Crippen MR) is 132 cm³/mol. The van der Waals surface area contributed by atoms with Crippen molar-refractivity contribution in [2.45, 2.75) is 33.4 Å². The Morgan fingerprint density at radius 2 is 1.59 bits per heavy atom. The summed E-state index contributed by atoms with van der Waals surface area (Å²) in [7, 11) is 0. The van der Waals surface area contributed by atoms with Gasteiger partial charge in [0.1, 0.15) is 6.04 Å². The van der Waals surface area contributed by atoms with Crippen LogP contribution in [0.2, 0.25) is 0 Å². The highest BCUT2D eigenvalue weighted by Crippen LogP contribution is 2.31. The fourth-order valence-corrected chi connectivity index (χ4v) is 4.27. The van der Waals surface area contributed by atoms with Gasteiger partial charge in [-0.15, -0.1) is 0 Å². The van der Waals surface area contributed by atoms with Gasteiger partial charge in [-0.3, -0.25) is 4.79 Å². The van der Waals surface area contributed by atoms with Crippen LogP contribution in [0.1, 0.15) is 35.3 Å². The van der Waals surface area contributed by atoms with E-state index in [4.69, 9.17) is 0 Å². The first-order valence-electron chi connectivity index (χ1n) is 11.1. The van der Waals surface area contributed by atoms with Crippen LogP contribution in [0.15, 0.2) is 66.7 Å². The van der Waals surface area contributed by atoms with E-state index < -0.39 is 12.0 Å². The second-order valence-electron chi connectivity index (χ2n) is 8.86. The normalized spacial score (nSPS) is 13.5. The number of aliphatic carboxylic acids is 1. The summed E-state index contributed by atoms with van der Waals surface area (Å²) in [5, 5.41) is 15.2. The SMILES string of the molecule is Cc1cccc(NC(=O)Nc2ccc(-c3ccc4c(c3)C(=O)N(C(C(=O)O)C(C)C)C4)cc2)c1. The van der Waals surface area contributed by atoms with E-state index in [0.717, 1.165) is 22.3 Å². The third-order valence-corrected chi connectivity index (χ3v) is 5.91. The minimum atomic E-state index is -0.995. The molecule has 7 nitrogen and oxygen atoms in total. The van der Waals surface area contributed by atoms with Gasteiger partial charge in [-0.2, -0.15) is 0 Å². The summed E-state index contributed by atoms with van der Waals surface area (Å²) in [6.07, 6.45) is 0. The van der Waals surface area contributed by atoms with Crippen LogP contribution in [-0.4, -0.2) is 34.0 Å². The van der Waals surface area contributed by atoms with Crippen molar-refractivity contribution in [1.29, 1.82) is 0 Å². The maximum absolute atomic E-state index is 13.0. The number of hydrogen-bond donors (Lipinski definition) is 3. The molecule has 1 atom stereocenters. The van der Waals surface area contributed by atoms with Crippen LogP contribution >= 0.6 is 0 Å². The number of amides is 3. The number of anilines is 2. The molecule has 0 bridgehead atoms. The molecular formula is C27H27N3O4. The number of nitrogens with zero attached hydrogens (tertiary/aromatic N) is 1. The van der Waals surface area contributed by atoms with Crippen LogP contribution in [0, 0.1) is 12.8 Å². The second kappa shape index (κ2) is 9.39. The van der Waals surface area contributed by atoms with Gasteiger partial charge in [-0.25, -0.2) is 9.59 Å². The Morgan fingerprint density at radius 1 is 0.912 bits per heavy atom. The predicted octanol–water partition coefficient (Wildman–Crippen LogP) is 5.37. The smallest absolute Gasteiger partial charge is 0.326 e. The van der Waals surface area contributed by atoms with Gasteiger partial charge in [0.25, 0.3) is 5.91 Å². The molecule has 34 heavy (non-hydrogen) atoms. The van der Waals surface area contributed by atoms with Crippen LogP contribution in [0.25, 0.3) is 11.1 Å². The van der Waals surface area contributed by atoms with E-state index in [1.54, 1.807) is 26.0 Å². The lowest BCUT2D eigenvalue weighted by molar-refractivity contribution is -0.144. The first kappa shape index (κ1) is 23.0. The molecule has 3 N–H and O–H groups in total. The molecule has 1 heterocycles. The summed E-state index contributed by atoms with van der Waals surface area (Å²) in [5.41, 5.74) is 5.50. The first-order valence-corrected chi connectivity index (χ1v) is 11.1. The van der Waals surface area contributed by atoms with Crippen LogP contribution in [0.4, 0.5) is 16.2 Å². The van der Waals surface area contributed by atoms with Crippen LogP contribution in [0.5, 0.6) is 0 Å². The highest BCUT2D eigenvalue weighted by molar-refractivity contribution is 6.02. The Kier molecular flexibility index (Phi) is 6.36. The molecule has 0 fully saturated rings. The van der Waals surface area contributed by atoms with Crippen molar-refractivity contribution in [3.8, 4) is 11.1 Å². The van der Waals surface area contributed by atoms with E-state index in [1.165, 1.54) is 4.90 Å². The number of carbonyl (C=O) groups is 3. The number of benzene rings is 3. The summed E-state index contributed by atoms with van der Waals surface area (Å²) >= 11 is 0. The molecule has 4 rings (SSSR count). The fraction of sp³-hybridized carbons (Fsp3) is 0.222. The van der Waals surface area contributed by atoms with Crippen molar-refractivity contribution in [3.63, 3.8) is 0 Å². The molecule has 3 aromatic carbocycles. The molecule has 0 saturated carbocycles. The molecule has 3 aromatic rings. The maximum Gasteiger partial charge on any atom is 0.326 e. The fourth-order valence-electron chi connectivity index (χ4n) is 4.27. The van der Waals surface area contributed by atoms with Crippen molar-refractivity contribution in [1.82, 2.24) is 4.90 Å². The zero-order valence-electron chi connectivity index (χ0n) is 19.3. The van der Waals surface area contributed by atoms with Gasteiger partial charge in [-0.05, 0) is 65.4 Å². The van der Waals surface area contributed by atoms with Gasteiger partial charge in [-0.1, -0.05) is 50.2 Å². The van der Waals surface area contributed by atoms with Crippen LogP contribution < -0.4 is 10.6 Å². The Labute approximate surface area is 198 Å². The summed E-state index contributed by atoms with van der Waals surface area (Å²) in [4.78, 5) is 38.4. The van der Waals surface area contributed by atoms with Gasteiger partial charge < -0.3 is 20.6 Å². The number of fused-ring (bicyclic) bond motifs is 1. The van der Waals surface area contributed by atoms with E-state index in [2.05, 4.69) is 10.6 Å². The zero-order chi connectivity index (χ0) is 24.4. The summed E-state index contributed by atoms with van der Waals surface area (Å²) in [5.74, 6) is -1.45. The third kappa shape index (κ3) is 4.78. The van der Waals surface area contributed by atoms with E-state index in [9.17, 15) is 19.5 Å². The zero-order valence-corrected chi connectivity index (χ0v) is 19.3. The number of carboxylic acids is 1. The molecule has 174 valence electrons. The number of nitrogens with one attached hydrogen (secondary N) is 2. The monoisotopic (exact) mass is 457 g/mol. The van der Waals surface area contributed by atoms with Crippen LogP contribution in [0.3, 0.4) is 0 Å². The maximum atomic E-state index is 13.0. The van der Waals surface area contributed by atoms with E-state index in [-0.39, 0.29) is 17.9 Å². The number of carboxylic acid groups (broad SMARTS) is 1. The summed E-state index contributed by atoms with van der Waals surface area (Å²) in [6, 6.07) is 19.3. The third-order valence-electron chi connectivity index (χ3n) is 5.91. The lowest BCUT2D eigenvalue weighted by atomic mass is 10.00. The number of urea groups is 1. The molecule has 0 radical (unpaired) electrons. The largest absolute Gasteiger partial charge is 0.480 e. The van der Waals surface area contributed by atoms with Crippen molar-refractivity contribution in [2.75, 3.05) is 10.6 Å². The second-order valence-corrected chi connectivity index (χ2v) is 8.86. The molecule has 0 saturated heterocycles. The highest BCUT2D eigenvalue weighted by Gasteiger charge is 2.38.